The molecule has 0 radical (unpaired) electrons. The second-order valence-corrected chi connectivity index (χ2v) is 9.57. The first-order chi connectivity index (χ1) is 18.1. The van der Waals surface area contributed by atoms with Gasteiger partial charge in [0.15, 0.2) is 30.4 Å². The molecule has 0 saturated heterocycles. The molecule has 1 amide bonds. The summed E-state index contributed by atoms with van der Waals surface area (Å²) in [6, 6.07) is 20.5. The number of nitrogens with zero attached hydrogens (tertiary/aromatic N) is 2. The minimum Gasteiger partial charge on any atom is -1.00 e. The third-order valence-electron chi connectivity index (χ3n) is 7.50. The molecular weight excluding hydrogens is 547 g/mol. The molecule has 1 atom stereocenters. The van der Waals surface area contributed by atoms with E-state index in [1.165, 1.54) is 28.8 Å². The molecule has 0 N–H and O–H groups in total. The lowest BCUT2D eigenvalue weighted by molar-refractivity contribution is -0.688. The van der Waals surface area contributed by atoms with Crippen molar-refractivity contribution in [2.75, 3.05) is 20.8 Å². The van der Waals surface area contributed by atoms with E-state index < -0.39 is 0 Å². The van der Waals surface area contributed by atoms with Gasteiger partial charge in [0.05, 0.1) is 25.8 Å². The number of benzene rings is 3. The summed E-state index contributed by atoms with van der Waals surface area (Å²) >= 11 is 0. The first kappa shape index (κ1) is 25.9. The van der Waals surface area contributed by atoms with E-state index in [4.69, 9.17) is 9.47 Å². The fourth-order valence-corrected chi connectivity index (χ4v) is 5.75. The Morgan fingerprint density at radius 1 is 1.00 bits per heavy atom. The highest BCUT2D eigenvalue weighted by Crippen LogP contribution is 2.52. The quantitative estimate of drug-likeness (QED) is 0.343. The van der Waals surface area contributed by atoms with Crippen molar-refractivity contribution in [1.82, 2.24) is 4.90 Å². The van der Waals surface area contributed by atoms with Crippen LogP contribution in [0, 0.1) is 5.82 Å². The van der Waals surface area contributed by atoms with Gasteiger partial charge < -0.3 is 31.4 Å². The molecule has 6 rings (SSSR count). The highest BCUT2D eigenvalue weighted by atomic mass is 79.9. The van der Waals surface area contributed by atoms with Gasteiger partial charge in [-0.2, -0.15) is 0 Å². The molecule has 2 aliphatic rings. The molecule has 3 aromatic carbocycles. The molecule has 0 saturated carbocycles. The highest BCUT2D eigenvalue weighted by Gasteiger charge is 2.39. The molecule has 38 heavy (non-hydrogen) atoms. The molecule has 194 valence electrons. The number of aromatic nitrogens is 1. The number of ether oxygens (including phenoxy) is 2. The summed E-state index contributed by atoms with van der Waals surface area (Å²) in [7, 11) is 3.34. The number of carbonyl (C=O) groups excluding carboxylic acids is 1. The Bertz CT molecular complexity index is 1490. The van der Waals surface area contributed by atoms with Crippen LogP contribution in [0.25, 0.3) is 11.1 Å². The van der Waals surface area contributed by atoms with Crippen molar-refractivity contribution in [3.63, 3.8) is 0 Å². The molecule has 1 aliphatic carbocycles. The lowest BCUT2D eigenvalue weighted by Crippen LogP contribution is -3.00. The van der Waals surface area contributed by atoms with Crippen LogP contribution in [0.1, 0.15) is 38.7 Å². The number of carbonyl (C=O) groups is 1. The number of hydrogen-bond acceptors (Lipinski definition) is 3. The number of halogens is 2. The summed E-state index contributed by atoms with van der Waals surface area (Å²) in [4.78, 5) is 15.8. The van der Waals surface area contributed by atoms with E-state index in [1.54, 1.807) is 26.4 Å². The average Bonchev–Trinajstić information content (AvgIpc) is 2.94. The predicted octanol–water partition coefficient (Wildman–Crippen LogP) is 2.15. The zero-order valence-electron chi connectivity index (χ0n) is 21.3. The normalized spacial score (nSPS) is 15.1. The van der Waals surface area contributed by atoms with E-state index in [0.717, 1.165) is 35.3 Å². The summed E-state index contributed by atoms with van der Waals surface area (Å²) < 4.78 is 26.8. The summed E-state index contributed by atoms with van der Waals surface area (Å²) in [6.45, 7) is 1.24. The van der Waals surface area contributed by atoms with Gasteiger partial charge in [-0.05, 0) is 65.4 Å². The number of rotatable bonds is 5. The molecule has 2 heterocycles. The van der Waals surface area contributed by atoms with Crippen molar-refractivity contribution in [1.29, 1.82) is 0 Å². The highest BCUT2D eigenvalue weighted by molar-refractivity contribution is 5.95. The minimum absolute atomic E-state index is 0. The van der Waals surface area contributed by atoms with E-state index >= 15 is 0 Å². The fraction of sp³-hybridized carbons (Fsp3) is 0.226. The lowest BCUT2D eigenvalue weighted by Gasteiger charge is -2.42. The van der Waals surface area contributed by atoms with Gasteiger partial charge in [0.2, 0.25) is 0 Å². The zero-order chi connectivity index (χ0) is 25.5. The summed E-state index contributed by atoms with van der Waals surface area (Å²) in [5.74, 6) is 1.21. The third-order valence-corrected chi connectivity index (χ3v) is 7.50. The van der Waals surface area contributed by atoms with Gasteiger partial charge in [-0.25, -0.2) is 8.96 Å². The molecule has 7 heteroatoms. The van der Waals surface area contributed by atoms with Crippen LogP contribution >= 0.6 is 0 Å². The maximum atomic E-state index is 13.8. The monoisotopic (exact) mass is 574 g/mol. The Labute approximate surface area is 232 Å². The van der Waals surface area contributed by atoms with Crippen LogP contribution in [0.15, 0.2) is 79.1 Å². The van der Waals surface area contributed by atoms with Crippen LogP contribution < -0.4 is 31.0 Å². The van der Waals surface area contributed by atoms with Crippen LogP contribution in [0.4, 0.5) is 4.39 Å². The van der Waals surface area contributed by atoms with Crippen LogP contribution in [0.3, 0.4) is 0 Å². The van der Waals surface area contributed by atoms with Crippen LogP contribution in [-0.4, -0.2) is 31.6 Å². The zero-order valence-corrected chi connectivity index (χ0v) is 22.9. The standard InChI is InChI=1S/C31H28FN2O3.BrH/c1-36-27-18-23-13-16-34(26-17-22-5-3-4-6-25(22)29(28(23)26)30(27)37-2)31(35)21-11-14-33(15-12-21)19-20-7-9-24(32)10-8-20;/h3-12,14-15,18,26H,13,16-17,19H2,1-2H3;1H/q+1;/p-1/t26-;/m0./s1. The average molecular weight is 575 g/mol. The van der Waals surface area contributed by atoms with Gasteiger partial charge in [0.25, 0.3) is 5.91 Å². The second-order valence-electron chi connectivity index (χ2n) is 9.57. The van der Waals surface area contributed by atoms with Crippen molar-refractivity contribution < 1.29 is 40.2 Å². The summed E-state index contributed by atoms with van der Waals surface area (Å²) in [6.07, 6.45) is 5.33. The molecule has 0 unspecified atom stereocenters. The molecule has 0 spiro atoms. The van der Waals surface area contributed by atoms with Crippen LogP contribution in [0.5, 0.6) is 11.5 Å². The Balaban J connectivity index is 0.00000294. The molecule has 5 nitrogen and oxygen atoms in total. The van der Waals surface area contributed by atoms with Gasteiger partial charge in [-0.15, -0.1) is 0 Å². The van der Waals surface area contributed by atoms with E-state index in [-0.39, 0.29) is 34.7 Å². The number of fused-ring (bicyclic) bond motifs is 2. The van der Waals surface area contributed by atoms with Gasteiger partial charge in [0.1, 0.15) is 5.82 Å². The lowest BCUT2D eigenvalue weighted by atomic mass is 9.76. The third kappa shape index (κ3) is 4.45. The largest absolute Gasteiger partial charge is 1.00 e. The first-order valence-electron chi connectivity index (χ1n) is 12.5. The van der Waals surface area contributed by atoms with Gasteiger partial charge in [-0.3, -0.25) is 4.79 Å². The van der Waals surface area contributed by atoms with Crippen LogP contribution in [-0.2, 0) is 19.4 Å². The van der Waals surface area contributed by atoms with E-state index in [0.29, 0.717) is 24.4 Å². The number of amides is 1. The Morgan fingerprint density at radius 2 is 1.74 bits per heavy atom. The maximum absolute atomic E-state index is 13.8. The minimum atomic E-state index is -0.248. The van der Waals surface area contributed by atoms with E-state index in [1.807, 2.05) is 46.1 Å². The molecule has 1 aromatic heterocycles. The van der Waals surface area contributed by atoms with Crippen LogP contribution in [0.2, 0.25) is 0 Å². The smallest absolute Gasteiger partial charge is 0.254 e. The SMILES string of the molecule is COc1cc2c3c(c1OC)-c1ccccc1C[C@@H]3N(C(=O)c1cc[n+](Cc3ccc(F)cc3)cc1)CC2.[Br-]. The van der Waals surface area contributed by atoms with Crippen molar-refractivity contribution in [3.8, 4) is 22.6 Å². The number of methoxy groups -OCH3 is 2. The first-order valence-corrected chi connectivity index (χ1v) is 12.5. The number of hydrogen-bond donors (Lipinski definition) is 0. The second kappa shape index (κ2) is 10.6. The van der Waals surface area contributed by atoms with Gasteiger partial charge in [-0.1, -0.05) is 24.3 Å². The topological polar surface area (TPSA) is 42.7 Å². The van der Waals surface area contributed by atoms with E-state index in [9.17, 15) is 9.18 Å². The maximum Gasteiger partial charge on any atom is 0.254 e. The molecule has 1 aliphatic heterocycles. The van der Waals surface area contributed by atoms with Crippen molar-refractivity contribution in [2.45, 2.75) is 25.4 Å². The van der Waals surface area contributed by atoms with Gasteiger partial charge in [0, 0.05) is 29.8 Å². The summed E-state index contributed by atoms with van der Waals surface area (Å²) in [5, 5.41) is 0. The van der Waals surface area contributed by atoms with Crippen molar-refractivity contribution >= 4 is 5.91 Å². The van der Waals surface area contributed by atoms with Crippen molar-refractivity contribution in [2.24, 2.45) is 0 Å². The number of pyridine rings is 1. The van der Waals surface area contributed by atoms with Gasteiger partial charge >= 0.3 is 0 Å². The predicted molar refractivity (Wildman–Crippen MR) is 138 cm³/mol. The molecule has 4 aromatic rings. The Hall–Kier alpha value is -3.71. The Kier molecular flexibility index (Phi) is 7.21. The van der Waals surface area contributed by atoms with E-state index in [2.05, 4.69) is 18.2 Å². The summed E-state index contributed by atoms with van der Waals surface area (Å²) in [5.41, 5.74) is 7.39. The molecular formula is C31H28BrFN2O3. The molecule has 0 bridgehead atoms. The fourth-order valence-electron chi connectivity index (χ4n) is 5.75. The Morgan fingerprint density at radius 3 is 2.45 bits per heavy atom. The molecule has 0 fully saturated rings. The van der Waals surface area contributed by atoms with Crippen molar-refractivity contribution in [3.05, 3.63) is 113 Å².